The minimum absolute atomic E-state index is 0.263. The van der Waals surface area contributed by atoms with Crippen molar-refractivity contribution in [1.29, 1.82) is 0 Å². The molecule has 172 valence electrons. The Labute approximate surface area is 202 Å². The van der Waals surface area contributed by atoms with Gasteiger partial charge in [-0.25, -0.2) is 4.98 Å². The number of carbonyl (C=O) groups is 1. The number of benzene rings is 2. The second kappa shape index (κ2) is 9.17. The lowest BCUT2D eigenvalue weighted by molar-refractivity contribution is 0.102. The molecule has 0 aliphatic carbocycles. The van der Waals surface area contributed by atoms with Crippen molar-refractivity contribution < 1.29 is 4.79 Å². The molecule has 1 fully saturated rings. The quantitative estimate of drug-likeness (QED) is 0.592. The Morgan fingerprint density at radius 3 is 2.76 bits per heavy atom. The number of nitrogens with zero attached hydrogens (tertiary/aromatic N) is 5. The highest BCUT2D eigenvalue weighted by Crippen LogP contribution is 2.39. The lowest BCUT2D eigenvalue weighted by Crippen LogP contribution is -2.46. The number of hydrogen-bond donors (Lipinski definition) is 2. The molecule has 0 spiro atoms. The van der Waals surface area contributed by atoms with Crippen LogP contribution >= 0.6 is 11.8 Å². The van der Waals surface area contributed by atoms with Crippen LogP contribution in [0.4, 0.5) is 5.69 Å². The van der Waals surface area contributed by atoms with Crippen LogP contribution in [-0.4, -0.2) is 76.2 Å². The van der Waals surface area contributed by atoms with E-state index in [2.05, 4.69) is 35.8 Å². The highest BCUT2D eigenvalue weighted by atomic mass is 32.2. The van der Waals surface area contributed by atoms with Crippen molar-refractivity contribution >= 4 is 45.3 Å². The standard InChI is InChI=1S/C25H25N7OS/c33-24(22-13-27-20-7-3-4-8-21(20)29-22)30-19-6-2-1-5-18(19)23-16-34-25-28-17(15-32(23)25)14-31-11-9-26-10-12-31/h1-8,13,16-17,26H,9-12,14-15H2,(H,30,33). The zero-order valence-corrected chi connectivity index (χ0v) is 19.5. The maximum Gasteiger partial charge on any atom is 0.275 e. The second-order valence-electron chi connectivity index (χ2n) is 8.59. The Kier molecular flexibility index (Phi) is 5.74. The van der Waals surface area contributed by atoms with E-state index in [0.29, 0.717) is 11.2 Å². The van der Waals surface area contributed by atoms with Crippen molar-refractivity contribution in [3.63, 3.8) is 0 Å². The predicted molar refractivity (Wildman–Crippen MR) is 137 cm³/mol. The first-order valence-electron chi connectivity index (χ1n) is 11.5. The molecule has 9 heteroatoms. The van der Waals surface area contributed by atoms with Crippen LogP contribution in [0.15, 0.2) is 65.1 Å². The Bertz CT molecular complexity index is 1300. The molecule has 34 heavy (non-hydrogen) atoms. The van der Waals surface area contributed by atoms with E-state index in [9.17, 15) is 4.79 Å². The second-order valence-corrected chi connectivity index (χ2v) is 9.43. The predicted octanol–water partition coefficient (Wildman–Crippen LogP) is 2.87. The minimum atomic E-state index is -0.274. The summed E-state index contributed by atoms with van der Waals surface area (Å²) in [6.45, 7) is 6.07. The molecule has 1 atom stereocenters. The number of fused-ring (bicyclic) bond motifs is 2. The molecule has 1 unspecified atom stereocenters. The van der Waals surface area contributed by atoms with E-state index >= 15 is 0 Å². The third kappa shape index (κ3) is 4.18. The van der Waals surface area contributed by atoms with Gasteiger partial charge in [0, 0.05) is 50.2 Å². The molecular formula is C25H25N7OS. The molecule has 1 saturated heterocycles. The number of anilines is 1. The number of nitrogens with one attached hydrogen (secondary N) is 2. The number of thioether (sulfide) groups is 1. The number of carbonyl (C=O) groups excluding carboxylic acids is 1. The summed E-state index contributed by atoms with van der Waals surface area (Å²) in [5.74, 6) is -0.274. The first-order chi connectivity index (χ1) is 16.7. The Balaban J connectivity index is 1.19. The third-order valence-corrected chi connectivity index (χ3v) is 7.17. The van der Waals surface area contributed by atoms with Gasteiger partial charge in [0.2, 0.25) is 0 Å². The molecule has 1 amide bonds. The van der Waals surface area contributed by atoms with Gasteiger partial charge in [0.05, 0.1) is 34.7 Å². The summed E-state index contributed by atoms with van der Waals surface area (Å²) in [6, 6.07) is 15.7. The Morgan fingerprint density at radius 1 is 1.09 bits per heavy atom. The van der Waals surface area contributed by atoms with Crippen LogP contribution in [0.3, 0.4) is 0 Å². The Morgan fingerprint density at radius 2 is 1.88 bits per heavy atom. The van der Waals surface area contributed by atoms with Gasteiger partial charge in [-0.15, -0.1) is 0 Å². The fourth-order valence-electron chi connectivity index (χ4n) is 4.59. The average molecular weight is 472 g/mol. The molecule has 0 saturated carbocycles. The molecular weight excluding hydrogens is 446 g/mol. The maximum absolute atomic E-state index is 13.0. The zero-order chi connectivity index (χ0) is 22.9. The van der Waals surface area contributed by atoms with Crippen molar-refractivity contribution in [2.24, 2.45) is 4.99 Å². The first kappa shape index (κ1) is 21.3. The SMILES string of the molecule is O=C(Nc1ccccc1C1=CSC2=NC(CN3CCNCC3)CN12)c1cnc2ccccc2n1. The summed E-state index contributed by atoms with van der Waals surface area (Å²) in [4.78, 5) is 31.6. The van der Waals surface area contributed by atoms with Crippen LogP contribution in [0.1, 0.15) is 16.1 Å². The van der Waals surface area contributed by atoms with Crippen LogP contribution in [0.5, 0.6) is 0 Å². The average Bonchev–Trinajstić information content (AvgIpc) is 3.45. The van der Waals surface area contributed by atoms with Crippen LogP contribution in [0.2, 0.25) is 0 Å². The number of aliphatic imine (C=N–C) groups is 1. The number of hydrogen-bond acceptors (Lipinski definition) is 8. The van der Waals surface area contributed by atoms with Crippen molar-refractivity contribution in [2.45, 2.75) is 6.04 Å². The number of rotatable bonds is 5. The van der Waals surface area contributed by atoms with E-state index in [0.717, 1.165) is 66.9 Å². The molecule has 2 aromatic carbocycles. The largest absolute Gasteiger partial charge is 0.320 e. The summed E-state index contributed by atoms with van der Waals surface area (Å²) >= 11 is 1.66. The zero-order valence-electron chi connectivity index (χ0n) is 18.6. The molecule has 8 nitrogen and oxygen atoms in total. The number of amidine groups is 1. The van der Waals surface area contributed by atoms with Crippen LogP contribution in [0, 0.1) is 0 Å². The minimum Gasteiger partial charge on any atom is -0.320 e. The number of aromatic nitrogens is 2. The maximum atomic E-state index is 13.0. The summed E-state index contributed by atoms with van der Waals surface area (Å²) in [5.41, 5.74) is 4.57. The van der Waals surface area contributed by atoms with Gasteiger partial charge in [-0.3, -0.25) is 19.7 Å². The highest BCUT2D eigenvalue weighted by molar-refractivity contribution is 8.16. The van der Waals surface area contributed by atoms with Gasteiger partial charge in [-0.2, -0.15) is 0 Å². The number of piperazine rings is 1. The summed E-state index contributed by atoms with van der Waals surface area (Å²) in [6.07, 6.45) is 1.52. The molecule has 1 aromatic heterocycles. The number of para-hydroxylation sites is 3. The van der Waals surface area contributed by atoms with E-state index in [1.165, 1.54) is 6.20 Å². The van der Waals surface area contributed by atoms with Gasteiger partial charge in [0.25, 0.3) is 5.91 Å². The van der Waals surface area contributed by atoms with Crippen LogP contribution in [0.25, 0.3) is 16.7 Å². The van der Waals surface area contributed by atoms with Gasteiger partial charge in [0.1, 0.15) is 5.69 Å². The van der Waals surface area contributed by atoms with Gasteiger partial charge in [-0.1, -0.05) is 42.1 Å². The van der Waals surface area contributed by atoms with E-state index in [-0.39, 0.29) is 11.9 Å². The molecule has 2 N–H and O–H groups in total. The van der Waals surface area contributed by atoms with Gasteiger partial charge >= 0.3 is 0 Å². The summed E-state index contributed by atoms with van der Waals surface area (Å²) in [7, 11) is 0. The topological polar surface area (TPSA) is 85.8 Å². The molecule has 3 aromatic rings. The lowest BCUT2D eigenvalue weighted by Gasteiger charge is -2.29. The fraction of sp³-hybridized carbons (Fsp3) is 0.280. The molecule has 6 rings (SSSR count). The van der Waals surface area contributed by atoms with Crippen molar-refractivity contribution in [3.8, 4) is 0 Å². The normalized spacial score (nSPS) is 20.2. The van der Waals surface area contributed by atoms with E-state index in [1.807, 2.05) is 48.5 Å². The lowest BCUT2D eigenvalue weighted by atomic mass is 10.1. The molecule has 0 radical (unpaired) electrons. The molecule has 3 aliphatic rings. The molecule has 3 aliphatic heterocycles. The molecule has 0 bridgehead atoms. The van der Waals surface area contributed by atoms with Crippen LogP contribution in [-0.2, 0) is 0 Å². The monoisotopic (exact) mass is 471 g/mol. The van der Waals surface area contributed by atoms with Gasteiger partial charge in [0.15, 0.2) is 5.17 Å². The fourth-order valence-corrected chi connectivity index (χ4v) is 5.57. The van der Waals surface area contributed by atoms with Crippen LogP contribution < -0.4 is 10.6 Å². The van der Waals surface area contributed by atoms with E-state index < -0.39 is 0 Å². The third-order valence-electron chi connectivity index (χ3n) is 6.29. The van der Waals surface area contributed by atoms with Gasteiger partial charge < -0.3 is 15.5 Å². The van der Waals surface area contributed by atoms with Crippen molar-refractivity contribution in [2.75, 3.05) is 44.6 Å². The first-order valence-corrected chi connectivity index (χ1v) is 12.4. The van der Waals surface area contributed by atoms with Crippen molar-refractivity contribution in [3.05, 3.63) is 71.4 Å². The number of amides is 1. The Hall–Kier alpha value is -3.27. The molecule has 4 heterocycles. The smallest absolute Gasteiger partial charge is 0.275 e. The van der Waals surface area contributed by atoms with E-state index in [4.69, 9.17) is 4.99 Å². The van der Waals surface area contributed by atoms with E-state index in [1.54, 1.807) is 11.8 Å². The highest BCUT2D eigenvalue weighted by Gasteiger charge is 2.34. The summed E-state index contributed by atoms with van der Waals surface area (Å²) in [5, 5.41) is 9.62. The van der Waals surface area contributed by atoms with Gasteiger partial charge in [-0.05, 0) is 18.2 Å². The summed E-state index contributed by atoms with van der Waals surface area (Å²) < 4.78 is 0. The van der Waals surface area contributed by atoms with Crippen molar-refractivity contribution in [1.82, 2.24) is 25.1 Å².